The Kier molecular flexibility index (Phi) is 4.49. The number of amides is 1. The predicted octanol–water partition coefficient (Wildman–Crippen LogP) is 2.35. The molecule has 2 N–H and O–H groups in total. The molecule has 0 fully saturated rings. The van der Waals surface area contributed by atoms with Crippen molar-refractivity contribution >= 4 is 22.5 Å². The van der Waals surface area contributed by atoms with Gasteiger partial charge in [0.1, 0.15) is 5.82 Å². The van der Waals surface area contributed by atoms with Gasteiger partial charge in [0.05, 0.1) is 30.2 Å². The molecule has 4 rings (SSSR count). The highest BCUT2D eigenvalue weighted by Gasteiger charge is 2.13. The molecule has 0 bridgehead atoms. The maximum Gasteiger partial charge on any atom is 0.272 e. The van der Waals surface area contributed by atoms with Gasteiger partial charge in [0.25, 0.3) is 5.56 Å². The summed E-state index contributed by atoms with van der Waals surface area (Å²) in [5, 5.41) is 14.8. The molecule has 1 amide bonds. The molecule has 4 aromatic rings. The zero-order valence-corrected chi connectivity index (χ0v) is 14.4. The molecule has 0 aliphatic rings. The monoisotopic (exact) mass is 359 g/mol. The fourth-order valence-corrected chi connectivity index (χ4v) is 2.97. The van der Waals surface area contributed by atoms with Crippen LogP contribution in [-0.2, 0) is 17.8 Å². The minimum absolute atomic E-state index is 0.0494. The molecule has 27 heavy (non-hydrogen) atoms. The van der Waals surface area contributed by atoms with Crippen molar-refractivity contribution in [2.24, 2.45) is 0 Å². The van der Waals surface area contributed by atoms with E-state index in [0.29, 0.717) is 28.8 Å². The van der Waals surface area contributed by atoms with Gasteiger partial charge >= 0.3 is 0 Å². The van der Waals surface area contributed by atoms with E-state index in [1.54, 1.807) is 35.1 Å². The molecule has 2 aromatic carbocycles. The van der Waals surface area contributed by atoms with Gasteiger partial charge < -0.3 is 5.32 Å². The SMILES string of the molecule is O=C(Cc1n[nH]c(=O)c2ccccc12)Nc1ccnn1Cc1ccccc1. The number of nitrogens with zero attached hydrogens (tertiary/aromatic N) is 3. The van der Waals surface area contributed by atoms with Gasteiger partial charge in [-0.15, -0.1) is 0 Å². The van der Waals surface area contributed by atoms with Crippen LogP contribution in [0.3, 0.4) is 0 Å². The largest absolute Gasteiger partial charge is 0.311 e. The van der Waals surface area contributed by atoms with E-state index in [1.807, 2.05) is 36.4 Å². The Bertz CT molecular complexity index is 1150. The molecular formula is C20H17N5O2. The predicted molar refractivity (Wildman–Crippen MR) is 102 cm³/mol. The molecule has 134 valence electrons. The molecular weight excluding hydrogens is 342 g/mol. The second-order valence-electron chi connectivity index (χ2n) is 6.13. The summed E-state index contributed by atoms with van der Waals surface area (Å²) in [7, 11) is 0. The first kappa shape index (κ1) is 16.7. The Morgan fingerprint density at radius 1 is 1.00 bits per heavy atom. The van der Waals surface area contributed by atoms with E-state index in [-0.39, 0.29) is 17.9 Å². The van der Waals surface area contributed by atoms with Crippen molar-refractivity contribution in [1.29, 1.82) is 0 Å². The highest BCUT2D eigenvalue weighted by molar-refractivity contribution is 5.94. The smallest absolute Gasteiger partial charge is 0.272 e. The number of aromatic amines is 1. The average Bonchev–Trinajstić information content (AvgIpc) is 3.11. The molecule has 7 heteroatoms. The first-order chi connectivity index (χ1) is 13.2. The van der Waals surface area contributed by atoms with Gasteiger partial charge in [-0.2, -0.15) is 10.2 Å². The van der Waals surface area contributed by atoms with Crippen LogP contribution in [0.15, 0.2) is 71.7 Å². The summed E-state index contributed by atoms with van der Waals surface area (Å²) in [4.78, 5) is 24.4. The van der Waals surface area contributed by atoms with Crippen LogP contribution in [0.5, 0.6) is 0 Å². The fraction of sp³-hybridized carbons (Fsp3) is 0.100. The van der Waals surface area contributed by atoms with Gasteiger partial charge in [-0.25, -0.2) is 9.78 Å². The summed E-state index contributed by atoms with van der Waals surface area (Å²) >= 11 is 0. The van der Waals surface area contributed by atoms with E-state index in [2.05, 4.69) is 20.6 Å². The zero-order chi connectivity index (χ0) is 18.6. The third-order valence-electron chi connectivity index (χ3n) is 4.26. The third kappa shape index (κ3) is 3.62. The number of anilines is 1. The molecule has 2 aromatic heterocycles. The molecule has 0 aliphatic heterocycles. The lowest BCUT2D eigenvalue weighted by atomic mass is 10.1. The van der Waals surface area contributed by atoms with Crippen molar-refractivity contribution in [1.82, 2.24) is 20.0 Å². The van der Waals surface area contributed by atoms with Gasteiger partial charge in [0, 0.05) is 11.5 Å². The molecule has 0 aliphatic carbocycles. The zero-order valence-electron chi connectivity index (χ0n) is 14.4. The van der Waals surface area contributed by atoms with Gasteiger partial charge in [0.15, 0.2) is 0 Å². The van der Waals surface area contributed by atoms with Crippen LogP contribution in [0.4, 0.5) is 5.82 Å². The summed E-state index contributed by atoms with van der Waals surface area (Å²) in [5.41, 5.74) is 1.34. The van der Waals surface area contributed by atoms with Gasteiger partial charge in [-0.1, -0.05) is 48.5 Å². The third-order valence-corrected chi connectivity index (χ3v) is 4.26. The van der Waals surface area contributed by atoms with Crippen LogP contribution in [0.25, 0.3) is 10.8 Å². The highest BCUT2D eigenvalue weighted by atomic mass is 16.1. The number of aromatic nitrogens is 4. The van der Waals surface area contributed by atoms with E-state index in [1.165, 1.54) is 0 Å². The number of carbonyl (C=O) groups excluding carboxylic acids is 1. The Balaban J connectivity index is 1.52. The number of nitrogens with one attached hydrogen (secondary N) is 2. The van der Waals surface area contributed by atoms with Crippen LogP contribution in [0.2, 0.25) is 0 Å². The Morgan fingerprint density at radius 3 is 2.56 bits per heavy atom. The standard InChI is InChI=1S/C20H17N5O2/c26-19(12-17-15-8-4-5-9-16(15)20(27)24-23-17)22-18-10-11-21-25(18)13-14-6-2-1-3-7-14/h1-11H,12-13H2,(H,22,26)(H,24,27). The van der Waals surface area contributed by atoms with Gasteiger partial charge in [-0.3, -0.25) is 9.59 Å². The summed E-state index contributed by atoms with van der Waals surface area (Å²) in [5.74, 6) is 0.382. The van der Waals surface area contributed by atoms with Crippen LogP contribution < -0.4 is 10.9 Å². The number of H-pyrrole nitrogens is 1. The van der Waals surface area contributed by atoms with Crippen molar-refractivity contribution in [2.45, 2.75) is 13.0 Å². The number of hydrogen-bond donors (Lipinski definition) is 2. The van der Waals surface area contributed by atoms with Crippen LogP contribution in [0.1, 0.15) is 11.3 Å². The quantitative estimate of drug-likeness (QED) is 0.572. The highest BCUT2D eigenvalue weighted by Crippen LogP contribution is 2.14. The summed E-state index contributed by atoms with van der Waals surface area (Å²) in [6.07, 6.45) is 1.69. The molecule has 0 unspecified atom stereocenters. The molecule has 7 nitrogen and oxygen atoms in total. The summed E-state index contributed by atoms with van der Waals surface area (Å²) in [6, 6.07) is 18.7. The van der Waals surface area contributed by atoms with Crippen molar-refractivity contribution in [3.63, 3.8) is 0 Å². The number of carbonyl (C=O) groups is 1. The van der Waals surface area contributed by atoms with E-state index >= 15 is 0 Å². The molecule has 0 spiro atoms. The maximum absolute atomic E-state index is 12.5. The van der Waals surface area contributed by atoms with Gasteiger partial charge in [0.2, 0.25) is 5.91 Å². The number of fused-ring (bicyclic) bond motifs is 1. The Hall–Kier alpha value is -3.74. The van der Waals surface area contributed by atoms with Crippen LogP contribution in [-0.4, -0.2) is 25.9 Å². The van der Waals surface area contributed by atoms with E-state index < -0.39 is 0 Å². The molecule has 2 heterocycles. The number of rotatable bonds is 5. The lowest BCUT2D eigenvalue weighted by Gasteiger charge is -2.09. The second kappa shape index (κ2) is 7.25. The minimum Gasteiger partial charge on any atom is -0.311 e. The normalized spacial score (nSPS) is 10.8. The van der Waals surface area contributed by atoms with Crippen molar-refractivity contribution in [2.75, 3.05) is 5.32 Å². The molecule has 0 saturated heterocycles. The lowest BCUT2D eigenvalue weighted by Crippen LogP contribution is -2.20. The average molecular weight is 359 g/mol. The summed E-state index contributed by atoms with van der Waals surface area (Å²) < 4.78 is 1.73. The Morgan fingerprint density at radius 2 is 1.74 bits per heavy atom. The van der Waals surface area contributed by atoms with Crippen molar-refractivity contribution < 1.29 is 4.79 Å². The van der Waals surface area contributed by atoms with E-state index in [4.69, 9.17) is 0 Å². The van der Waals surface area contributed by atoms with E-state index in [0.717, 1.165) is 5.56 Å². The second-order valence-corrected chi connectivity index (χ2v) is 6.13. The lowest BCUT2D eigenvalue weighted by molar-refractivity contribution is -0.115. The van der Waals surface area contributed by atoms with E-state index in [9.17, 15) is 9.59 Å². The molecule has 0 atom stereocenters. The minimum atomic E-state index is -0.268. The van der Waals surface area contributed by atoms with Gasteiger partial charge in [-0.05, 0) is 11.6 Å². The Labute approximate surface area is 154 Å². The first-order valence-corrected chi connectivity index (χ1v) is 8.52. The topological polar surface area (TPSA) is 92.7 Å². The number of hydrogen-bond acceptors (Lipinski definition) is 4. The van der Waals surface area contributed by atoms with Crippen molar-refractivity contribution in [3.05, 3.63) is 88.5 Å². The maximum atomic E-state index is 12.5. The number of benzene rings is 2. The van der Waals surface area contributed by atoms with Crippen LogP contribution in [0, 0.1) is 0 Å². The fourth-order valence-electron chi connectivity index (χ4n) is 2.97. The molecule has 0 saturated carbocycles. The first-order valence-electron chi connectivity index (χ1n) is 8.52. The molecule has 0 radical (unpaired) electrons. The van der Waals surface area contributed by atoms with Crippen molar-refractivity contribution in [3.8, 4) is 0 Å². The van der Waals surface area contributed by atoms with Crippen LogP contribution >= 0.6 is 0 Å². The summed E-state index contributed by atoms with van der Waals surface area (Å²) in [6.45, 7) is 0.559.